The van der Waals surface area contributed by atoms with E-state index in [4.69, 9.17) is 4.74 Å². The summed E-state index contributed by atoms with van der Waals surface area (Å²) in [6, 6.07) is 0. The monoisotopic (exact) mass is 206 g/mol. The van der Waals surface area contributed by atoms with Gasteiger partial charge in [0.15, 0.2) is 5.78 Å². The third-order valence-electron chi connectivity index (χ3n) is 3.58. The number of hydrogen-bond acceptors (Lipinski definition) is 3. The first-order valence-corrected chi connectivity index (χ1v) is 5.40. The minimum atomic E-state index is 0.0285. The smallest absolute Gasteiger partial charge is 0.222 e. The normalized spacial score (nSPS) is 21.7. The zero-order chi connectivity index (χ0) is 10.5. The number of Topliss-reactive ketones (excluding diaryl/α,β-unsaturated/α-hetero) is 1. The minimum Gasteiger partial charge on any atom is -0.477 e. The molecule has 2 heterocycles. The van der Waals surface area contributed by atoms with E-state index < -0.39 is 0 Å². The molecule has 1 aromatic rings. The Hall–Kier alpha value is -1.32. The first kappa shape index (κ1) is 8.95. The Morgan fingerprint density at radius 3 is 3.00 bits per heavy atom. The van der Waals surface area contributed by atoms with Gasteiger partial charge in [0.25, 0.3) is 0 Å². The topological polar surface area (TPSA) is 44.1 Å². The minimum absolute atomic E-state index is 0.0285. The van der Waals surface area contributed by atoms with Crippen LogP contribution in [0.4, 0.5) is 0 Å². The van der Waals surface area contributed by atoms with Crippen LogP contribution in [-0.2, 0) is 6.54 Å². The summed E-state index contributed by atoms with van der Waals surface area (Å²) >= 11 is 0. The largest absolute Gasteiger partial charge is 0.477 e. The van der Waals surface area contributed by atoms with Gasteiger partial charge in [-0.25, -0.2) is 4.68 Å². The van der Waals surface area contributed by atoms with E-state index in [1.165, 1.54) is 19.3 Å². The third-order valence-corrected chi connectivity index (χ3v) is 3.58. The highest BCUT2D eigenvalue weighted by Crippen LogP contribution is 2.45. The maximum atomic E-state index is 11.3. The molecule has 0 bridgehead atoms. The van der Waals surface area contributed by atoms with Crippen LogP contribution in [0.15, 0.2) is 6.20 Å². The maximum Gasteiger partial charge on any atom is 0.222 e. The van der Waals surface area contributed by atoms with Gasteiger partial charge in [-0.05, 0) is 19.8 Å². The van der Waals surface area contributed by atoms with Crippen LogP contribution in [0.25, 0.3) is 0 Å². The summed E-state index contributed by atoms with van der Waals surface area (Å²) < 4.78 is 7.54. The van der Waals surface area contributed by atoms with Crippen LogP contribution in [-0.4, -0.2) is 22.2 Å². The van der Waals surface area contributed by atoms with Gasteiger partial charge < -0.3 is 4.74 Å². The molecule has 15 heavy (non-hydrogen) atoms. The van der Waals surface area contributed by atoms with Gasteiger partial charge in [0, 0.05) is 5.41 Å². The molecule has 1 aliphatic heterocycles. The number of carbonyl (C=O) groups is 1. The van der Waals surface area contributed by atoms with E-state index in [1.807, 2.05) is 4.68 Å². The lowest BCUT2D eigenvalue weighted by molar-refractivity contribution is 0.00145. The second-order valence-electron chi connectivity index (χ2n) is 4.72. The molecule has 0 aromatic carbocycles. The van der Waals surface area contributed by atoms with Crippen molar-refractivity contribution in [3.8, 4) is 5.88 Å². The van der Waals surface area contributed by atoms with Gasteiger partial charge in [-0.2, -0.15) is 5.10 Å². The molecular formula is C11H14N2O2. The molecular weight excluding hydrogens is 192 g/mol. The van der Waals surface area contributed by atoms with Gasteiger partial charge in [-0.1, -0.05) is 6.42 Å². The summed E-state index contributed by atoms with van der Waals surface area (Å²) in [7, 11) is 0. The fourth-order valence-corrected chi connectivity index (χ4v) is 2.44. The van der Waals surface area contributed by atoms with E-state index >= 15 is 0 Å². The van der Waals surface area contributed by atoms with Gasteiger partial charge in [0.2, 0.25) is 5.88 Å². The number of hydrogen-bond donors (Lipinski definition) is 0. The summed E-state index contributed by atoms with van der Waals surface area (Å²) in [5, 5.41) is 4.23. The van der Waals surface area contributed by atoms with Crippen molar-refractivity contribution < 1.29 is 9.53 Å². The van der Waals surface area contributed by atoms with Crippen molar-refractivity contribution in [1.82, 2.24) is 9.78 Å². The Balaban J connectivity index is 1.95. The van der Waals surface area contributed by atoms with E-state index in [0.29, 0.717) is 16.9 Å². The molecule has 0 unspecified atom stereocenters. The van der Waals surface area contributed by atoms with E-state index in [-0.39, 0.29) is 5.78 Å². The molecule has 1 aromatic heterocycles. The number of fused-ring (bicyclic) bond motifs is 1. The molecule has 3 rings (SSSR count). The molecule has 80 valence electrons. The number of rotatable bonds is 1. The summed E-state index contributed by atoms with van der Waals surface area (Å²) in [6.07, 6.45) is 5.36. The molecule has 1 aliphatic carbocycles. The standard InChI is InChI=1S/C11H14N2O2/c1-8(14)9-5-12-13-6-11(3-2-4-11)7-15-10(9)13/h5H,2-4,6-7H2,1H3. The highest BCUT2D eigenvalue weighted by Gasteiger charge is 2.42. The number of nitrogens with zero attached hydrogens (tertiary/aromatic N) is 2. The summed E-state index contributed by atoms with van der Waals surface area (Å²) in [5.41, 5.74) is 0.928. The van der Waals surface area contributed by atoms with E-state index in [0.717, 1.165) is 13.2 Å². The van der Waals surface area contributed by atoms with E-state index in [9.17, 15) is 4.79 Å². The van der Waals surface area contributed by atoms with Crippen molar-refractivity contribution in [1.29, 1.82) is 0 Å². The highest BCUT2D eigenvalue weighted by molar-refractivity contribution is 5.96. The van der Waals surface area contributed by atoms with Crippen molar-refractivity contribution in [2.24, 2.45) is 5.41 Å². The Bertz CT molecular complexity index is 418. The van der Waals surface area contributed by atoms with Crippen LogP contribution in [0.2, 0.25) is 0 Å². The van der Waals surface area contributed by atoms with Crippen LogP contribution >= 0.6 is 0 Å². The SMILES string of the molecule is CC(=O)c1cnn2c1OCC1(CCC1)C2. The number of ether oxygens (including phenoxy) is 1. The van der Waals surface area contributed by atoms with Crippen LogP contribution in [0.1, 0.15) is 36.5 Å². The lowest BCUT2D eigenvalue weighted by Gasteiger charge is -2.44. The average Bonchev–Trinajstić information content (AvgIpc) is 2.57. The zero-order valence-corrected chi connectivity index (χ0v) is 8.82. The van der Waals surface area contributed by atoms with Crippen molar-refractivity contribution in [2.75, 3.05) is 6.61 Å². The fraction of sp³-hybridized carbons (Fsp3) is 0.636. The van der Waals surface area contributed by atoms with E-state index in [1.54, 1.807) is 13.1 Å². The molecule has 0 N–H and O–H groups in total. The molecule has 1 fully saturated rings. The molecule has 4 nitrogen and oxygen atoms in total. The second-order valence-corrected chi connectivity index (χ2v) is 4.72. The van der Waals surface area contributed by atoms with Crippen LogP contribution in [0.3, 0.4) is 0 Å². The average molecular weight is 206 g/mol. The number of aromatic nitrogens is 2. The van der Waals surface area contributed by atoms with Gasteiger partial charge in [0.05, 0.1) is 24.9 Å². The van der Waals surface area contributed by atoms with Crippen molar-refractivity contribution >= 4 is 5.78 Å². The molecule has 0 saturated heterocycles. The Morgan fingerprint density at radius 1 is 1.60 bits per heavy atom. The molecule has 4 heteroatoms. The number of ketones is 1. The van der Waals surface area contributed by atoms with Crippen LogP contribution in [0.5, 0.6) is 5.88 Å². The first-order chi connectivity index (χ1) is 7.20. The van der Waals surface area contributed by atoms with Crippen molar-refractivity contribution in [3.63, 3.8) is 0 Å². The van der Waals surface area contributed by atoms with Crippen LogP contribution in [0, 0.1) is 5.41 Å². The second kappa shape index (κ2) is 2.84. The van der Waals surface area contributed by atoms with Gasteiger partial charge in [-0.15, -0.1) is 0 Å². The third kappa shape index (κ3) is 1.20. The Morgan fingerprint density at radius 2 is 2.40 bits per heavy atom. The van der Waals surface area contributed by atoms with E-state index in [2.05, 4.69) is 5.10 Å². The molecule has 0 radical (unpaired) electrons. The molecule has 0 amide bonds. The molecule has 0 atom stereocenters. The Kier molecular flexibility index (Phi) is 1.69. The van der Waals surface area contributed by atoms with Gasteiger partial charge in [-0.3, -0.25) is 4.79 Å². The predicted molar refractivity (Wildman–Crippen MR) is 54.0 cm³/mol. The van der Waals surface area contributed by atoms with Crippen LogP contribution < -0.4 is 4.74 Å². The Labute approximate surface area is 88.2 Å². The molecule has 1 spiro atoms. The first-order valence-electron chi connectivity index (χ1n) is 5.40. The van der Waals surface area contributed by atoms with Gasteiger partial charge in [0.1, 0.15) is 0 Å². The highest BCUT2D eigenvalue weighted by atomic mass is 16.5. The lowest BCUT2D eigenvalue weighted by atomic mass is 9.69. The quantitative estimate of drug-likeness (QED) is 0.656. The summed E-state index contributed by atoms with van der Waals surface area (Å²) in [6.45, 7) is 3.21. The molecule has 2 aliphatic rings. The zero-order valence-electron chi connectivity index (χ0n) is 8.82. The predicted octanol–water partition coefficient (Wildman–Crippen LogP) is 1.65. The number of carbonyl (C=O) groups excluding carboxylic acids is 1. The lowest BCUT2D eigenvalue weighted by Crippen LogP contribution is -2.43. The summed E-state index contributed by atoms with van der Waals surface area (Å²) in [5.74, 6) is 0.695. The van der Waals surface area contributed by atoms with Crippen molar-refractivity contribution in [2.45, 2.75) is 32.7 Å². The molecule has 1 saturated carbocycles. The summed E-state index contributed by atoms with van der Waals surface area (Å²) in [4.78, 5) is 11.3. The van der Waals surface area contributed by atoms with Crippen molar-refractivity contribution in [3.05, 3.63) is 11.8 Å². The maximum absolute atomic E-state index is 11.3. The van der Waals surface area contributed by atoms with Gasteiger partial charge >= 0.3 is 0 Å². The fourth-order valence-electron chi connectivity index (χ4n) is 2.44.